The highest BCUT2D eigenvalue weighted by Crippen LogP contribution is 2.31. The molecule has 0 bridgehead atoms. The van der Waals surface area contributed by atoms with Crippen LogP contribution in [0.2, 0.25) is 5.02 Å². The van der Waals surface area contributed by atoms with E-state index in [4.69, 9.17) is 11.6 Å². The third-order valence-corrected chi connectivity index (χ3v) is 7.12. The summed E-state index contributed by atoms with van der Waals surface area (Å²) in [6, 6.07) is 13.4. The number of halogens is 1. The van der Waals surface area contributed by atoms with Crippen molar-refractivity contribution < 1.29 is 13.2 Å². The van der Waals surface area contributed by atoms with Gasteiger partial charge in [0.15, 0.2) is 0 Å². The largest absolute Gasteiger partial charge is 0.326 e. The van der Waals surface area contributed by atoms with Gasteiger partial charge in [0.05, 0.1) is 10.7 Å². The Kier molecular flexibility index (Phi) is 6.42. The maximum atomic E-state index is 13.2. The van der Waals surface area contributed by atoms with Gasteiger partial charge in [-0.15, -0.1) is 0 Å². The lowest BCUT2D eigenvalue weighted by atomic mass is 9.93. The molecule has 2 aromatic carbocycles. The van der Waals surface area contributed by atoms with Gasteiger partial charge in [0, 0.05) is 18.2 Å². The first-order valence-corrected chi connectivity index (χ1v) is 11.1. The van der Waals surface area contributed by atoms with E-state index < -0.39 is 10.0 Å². The van der Waals surface area contributed by atoms with Crippen molar-refractivity contribution in [3.63, 3.8) is 0 Å². The minimum Gasteiger partial charge on any atom is -0.326 e. The van der Waals surface area contributed by atoms with E-state index in [9.17, 15) is 13.2 Å². The number of hydrogen-bond acceptors (Lipinski definition) is 3. The minimum atomic E-state index is -3.88. The van der Waals surface area contributed by atoms with Crippen molar-refractivity contribution >= 4 is 38.9 Å². The number of carbonyl (C=O) groups excluding carboxylic acids is 1. The Labute approximate surface area is 171 Å². The fourth-order valence-electron chi connectivity index (χ4n) is 3.26. The van der Waals surface area contributed by atoms with Gasteiger partial charge in [-0.05, 0) is 56.5 Å². The molecule has 1 aliphatic rings. The lowest BCUT2D eigenvalue weighted by Crippen LogP contribution is -2.31. The van der Waals surface area contributed by atoms with Gasteiger partial charge in [-0.2, -0.15) is 0 Å². The highest BCUT2D eigenvalue weighted by Gasteiger charge is 2.27. The van der Waals surface area contributed by atoms with Crippen molar-refractivity contribution in [1.82, 2.24) is 0 Å². The summed E-state index contributed by atoms with van der Waals surface area (Å²) >= 11 is 6.23. The summed E-state index contributed by atoms with van der Waals surface area (Å²) in [5, 5.41) is 2.95. The second-order valence-corrected chi connectivity index (χ2v) is 8.86. The van der Waals surface area contributed by atoms with Crippen molar-refractivity contribution in [2.24, 2.45) is 5.92 Å². The molecule has 1 atom stereocenters. The van der Waals surface area contributed by atoms with Gasteiger partial charge in [0.2, 0.25) is 5.91 Å². The number of nitrogens with one attached hydrogen (secondary N) is 1. The highest BCUT2D eigenvalue weighted by molar-refractivity contribution is 7.93. The quantitative estimate of drug-likeness (QED) is 0.682. The second-order valence-electron chi connectivity index (χ2n) is 6.62. The third-order valence-electron chi connectivity index (χ3n) is 4.74. The Morgan fingerprint density at radius 1 is 1.18 bits per heavy atom. The number of nitrogens with zero attached hydrogens (tertiary/aromatic N) is 1. The molecule has 3 rings (SSSR count). The molecule has 0 spiro atoms. The highest BCUT2D eigenvalue weighted by atomic mass is 35.5. The number of sulfonamides is 1. The number of anilines is 2. The number of rotatable bonds is 6. The van der Waals surface area contributed by atoms with Crippen LogP contribution in [0.5, 0.6) is 0 Å². The summed E-state index contributed by atoms with van der Waals surface area (Å²) in [6.07, 6.45) is 6.44. The van der Waals surface area contributed by atoms with Crippen LogP contribution in [0.15, 0.2) is 65.6 Å². The Hall–Kier alpha value is -2.31. The number of benzene rings is 2. The van der Waals surface area contributed by atoms with Crippen LogP contribution in [0.1, 0.15) is 26.2 Å². The number of para-hydroxylation sites is 1. The van der Waals surface area contributed by atoms with Crippen LogP contribution in [0.25, 0.3) is 0 Å². The standard InChI is InChI=1S/C21H23ClN2O3S/c1-2-24(18-11-7-4-8-12-18)28(26,27)20-15-17(13-14-19(20)22)23-21(25)16-9-5-3-6-10-16/h3-5,7-8,11-16H,2,6,9-10H2,1H3,(H,23,25). The molecule has 0 fully saturated rings. The molecule has 28 heavy (non-hydrogen) atoms. The lowest BCUT2D eigenvalue weighted by molar-refractivity contribution is -0.120. The summed E-state index contributed by atoms with van der Waals surface area (Å²) in [5.41, 5.74) is 0.983. The van der Waals surface area contributed by atoms with Gasteiger partial charge in [0.1, 0.15) is 4.90 Å². The van der Waals surface area contributed by atoms with Gasteiger partial charge < -0.3 is 5.32 Å². The predicted octanol–water partition coefficient (Wildman–Crippen LogP) is 4.85. The second kappa shape index (κ2) is 8.80. The molecule has 0 aromatic heterocycles. The first-order chi connectivity index (χ1) is 13.4. The Morgan fingerprint density at radius 3 is 2.57 bits per heavy atom. The van der Waals surface area contributed by atoms with Gasteiger partial charge in [0.25, 0.3) is 10.0 Å². The molecular weight excluding hydrogens is 396 g/mol. The van der Waals surface area contributed by atoms with Crippen LogP contribution in [-0.4, -0.2) is 20.9 Å². The van der Waals surface area contributed by atoms with Crippen molar-refractivity contribution in [1.29, 1.82) is 0 Å². The SMILES string of the molecule is CCN(c1ccccc1)S(=O)(=O)c1cc(NC(=O)C2CC=CCC2)ccc1Cl. The zero-order valence-corrected chi connectivity index (χ0v) is 17.2. The normalized spacial score (nSPS) is 16.6. The van der Waals surface area contributed by atoms with Gasteiger partial charge in [-0.3, -0.25) is 9.10 Å². The average Bonchev–Trinajstić information content (AvgIpc) is 2.71. The summed E-state index contributed by atoms with van der Waals surface area (Å²) in [5.74, 6) is -0.206. The van der Waals surface area contributed by atoms with Crippen LogP contribution in [0.3, 0.4) is 0 Å². The molecule has 0 heterocycles. The molecule has 0 saturated carbocycles. The number of carbonyl (C=O) groups is 1. The zero-order valence-electron chi connectivity index (χ0n) is 15.6. The summed E-state index contributed by atoms with van der Waals surface area (Å²) < 4.78 is 27.8. The molecule has 1 N–H and O–H groups in total. The van der Waals surface area contributed by atoms with Crippen LogP contribution in [0, 0.1) is 5.92 Å². The van der Waals surface area contributed by atoms with Crippen LogP contribution < -0.4 is 9.62 Å². The first-order valence-electron chi connectivity index (χ1n) is 9.26. The molecule has 7 heteroatoms. The maximum absolute atomic E-state index is 13.2. The van der Waals surface area contributed by atoms with E-state index in [1.165, 1.54) is 16.4 Å². The van der Waals surface area contributed by atoms with Crippen LogP contribution >= 0.6 is 11.6 Å². The summed E-state index contributed by atoms with van der Waals surface area (Å²) in [6.45, 7) is 2.02. The topological polar surface area (TPSA) is 66.5 Å². The van der Waals surface area contributed by atoms with Crippen molar-refractivity contribution in [2.75, 3.05) is 16.2 Å². The van der Waals surface area contributed by atoms with Gasteiger partial charge in [-0.1, -0.05) is 42.0 Å². The van der Waals surface area contributed by atoms with Crippen molar-refractivity contribution in [3.8, 4) is 0 Å². The maximum Gasteiger partial charge on any atom is 0.265 e. The van der Waals surface area contributed by atoms with E-state index in [1.807, 2.05) is 12.1 Å². The fraction of sp³-hybridized carbons (Fsp3) is 0.286. The Balaban J connectivity index is 1.89. The van der Waals surface area contributed by atoms with Crippen molar-refractivity contribution in [2.45, 2.75) is 31.1 Å². The Morgan fingerprint density at radius 2 is 1.93 bits per heavy atom. The molecule has 1 unspecified atom stereocenters. The molecule has 0 saturated heterocycles. The van der Waals surface area contributed by atoms with E-state index in [2.05, 4.69) is 11.4 Å². The zero-order chi connectivity index (χ0) is 20.1. The average molecular weight is 419 g/mol. The smallest absolute Gasteiger partial charge is 0.265 e. The van der Waals surface area contributed by atoms with Gasteiger partial charge in [-0.25, -0.2) is 8.42 Å². The van der Waals surface area contributed by atoms with E-state index in [-0.39, 0.29) is 28.3 Å². The Bertz CT molecular complexity index is 974. The van der Waals surface area contributed by atoms with E-state index in [0.29, 0.717) is 17.8 Å². The first kappa shape index (κ1) is 20.4. The number of amides is 1. The fourth-order valence-corrected chi connectivity index (χ4v) is 5.24. The molecule has 5 nitrogen and oxygen atoms in total. The molecular formula is C21H23ClN2O3S. The molecule has 1 aliphatic carbocycles. The lowest BCUT2D eigenvalue weighted by Gasteiger charge is -2.24. The summed E-state index contributed by atoms with van der Waals surface area (Å²) in [7, 11) is -3.88. The summed E-state index contributed by atoms with van der Waals surface area (Å²) in [4.78, 5) is 12.5. The molecule has 0 aliphatic heterocycles. The number of allylic oxidation sites excluding steroid dienone is 2. The molecule has 1 amide bonds. The third kappa shape index (κ3) is 4.39. The predicted molar refractivity (Wildman–Crippen MR) is 113 cm³/mol. The molecule has 2 aromatic rings. The van der Waals surface area contributed by atoms with Crippen LogP contribution in [0.4, 0.5) is 11.4 Å². The van der Waals surface area contributed by atoms with E-state index in [0.717, 1.165) is 12.8 Å². The van der Waals surface area contributed by atoms with Gasteiger partial charge >= 0.3 is 0 Å². The molecule has 0 radical (unpaired) electrons. The van der Waals surface area contributed by atoms with E-state index in [1.54, 1.807) is 37.3 Å². The number of hydrogen-bond donors (Lipinski definition) is 1. The minimum absolute atomic E-state index is 0.0267. The van der Waals surface area contributed by atoms with Crippen LogP contribution in [-0.2, 0) is 14.8 Å². The molecule has 148 valence electrons. The monoisotopic (exact) mass is 418 g/mol. The van der Waals surface area contributed by atoms with Crippen molar-refractivity contribution in [3.05, 3.63) is 65.7 Å². The van der Waals surface area contributed by atoms with E-state index >= 15 is 0 Å².